The lowest BCUT2D eigenvalue weighted by molar-refractivity contribution is -0.138. The molecule has 0 saturated heterocycles. The van der Waals surface area contributed by atoms with Crippen molar-refractivity contribution in [2.45, 2.75) is 64.1 Å². The van der Waals surface area contributed by atoms with Crippen LogP contribution in [0.1, 0.15) is 84.0 Å². The van der Waals surface area contributed by atoms with Crippen LogP contribution in [0.5, 0.6) is 5.75 Å². The molecule has 0 N–H and O–H groups in total. The second kappa shape index (κ2) is 8.38. The van der Waals surface area contributed by atoms with E-state index in [1.165, 1.54) is 6.07 Å². The average molecular weight is 390 g/mol. The zero-order valence-electron chi connectivity index (χ0n) is 16.2. The van der Waals surface area contributed by atoms with Gasteiger partial charge in [0.1, 0.15) is 18.6 Å². The van der Waals surface area contributed by atoms with Gasteiger partial charge in [-0.3, -0.25) is 4.79 Å². The summed E-state index contributed by atoms with van der Waals surface area (Å²) < 4.78 is 46.5. The van der Waals surface area contributed by atoms with Gasteiger partial charge in [0.05, 0.1) is 5.56 Å². The van der Waals surface area contributed by atoms with Crippen molar-refractivity contribution in [3.63, 3.8) is 0 Å². The third kappa shape index (κ3) is 4.57. The third-order valence-electron chi connectivity index (χ3n) is 5.43. The molecule has 28 heavy (non-hydrogen) atoms. The molecule has 1 aliphatic rings. The molecule has 0 radical (unpaired) electrons. The van der Waals surface area contributed by atoms with Gasteiger partial charge < -0.3 is 4.74 Å². The van der Waals surface area contributed by atoms with Gasteiger partial charge in [0, 0.05) is 5.56 Å². The van der Waals surface area contributed by atoms with Crippen molar-refractivity contribution in [2.24, 2.45) is 0 Å². The molecule has 0 unspecified atom stereocenters. The second-order valence-electron chi connectivity index (χ2n) is 7.75. The van der Waals surface area contributed by atoms with Crippen LogP contribution in [0.25, 0.3) is 0 Å². The first-order valence-electron chi connectivity index (χ1n) is 9.71. The van der Waals surface area contributed by atoms with Crippen LogP contribution in [-0.2, 0) is 12.8 Å². The molecule has 0 heterocycles. The zero-order chi connectivity index (χ0) is 20.3. The predicted molar refractivity (Wildman–Crippen MR) is 103 cm³/mol. The lowest BCUT2D eigenvalue weighted by atomic mass is 9.91. The fourth-order valence-corrected chi connectivity index (χ4v) is 3.95. The summed E-state index contributed by atoms with van der Waals surface area (Å²) in [5, 5.41) is 0. The maximum absolute atomic E-state index is 13.6. The highest BCUT2D eigenvalue weighted by molar-refractivity contribution is 5.78. The average Bonchev–Trinajstić information content (AvgIpc) is 3.19. The molecule has 0 spiro atoms. The Hall–Kier alpha value is -2.30. The van der Waals surface area contributed by atoms with Crippen LogP contribution in [0.3, 0.4) is 0 Å². The van der Waals surface area contributed by atoms with Gasteiger partial charge in [0.2, 0.25) is 0 Å². The van der Waals surface area contributed by atoms with Crippen LogP contribution in [-0.4, -0.2) is 6.29 Å². The normalized spacial score (nSPS) is 15.2. The monoisotopic (exact) mass is 390 g/mol. The van der Waals surface area contributed by atoms with Crippen LogP contribution >= 0.6 is 0 Å². The van der Waals surface area contributed by atoms with E-state index in [1.54, 1.807) is 30.3 Å². The molecule has 3 rings (SSSR count). The lowest BCUT2D eigenvalue weighted by Crippen LogP contribution is -2.12. The Balaban J connectivity index is 1.81. The minimum atomic E-state index is -4.37. The minimum absolute atomic E-state index is 0.00363. The Labute approximate surface area is 163 Å². The largest absolute Gasteiger partial charge is 0.489 e. The van der Waals surface area contributed by atoms with Gasteiger partial charge >= 0.3 is 6.18 Å². The standard InChI is InChI=1S/C23H25F3O2/c1-15(2)21-12-19(9-8-18(21)13-27)28-14-16-7-10-20(17-5-3-4-6-17)22(11-16)23(24,25)26/h7-13,15,17H,3-6,14H2,1-2H3. The van der Waals surface area contributed by atoms with Crippen molar-refractivity contribution in [2.75, 3.05) is 0 Å². The fourth-order valence-electron chi connectivity index (χ4n) is 3.95. The van der Waals surface area contributed by atoms with Crippen molar-refractivity contribution in [1.29, 1.82) is 0 Å². The van der Waals surface area contributed by atoms with Crippen LogP contribution in [0, 0.1) is 0 Å². The summed E-state index contributed by atoms with van der Waals surface area (Å²) >= 11 is 0. The Morgan fingerprint density at radius 3 is 2.43 bits per heavy atom. The van der Waals surface area contributed by atoms with Gasteiger partial charge in [-0.15, -0.1) is 0 Å². The van der Waals surface area contributed by atoms with Crippen molar-refractivity contribution in [3.8, 4) is 5.75 Å². The summed E-state index contributed by atoms with van der Waals surface area (Å²) in [5.74, 6) is 0.685. The van der Waals surface area contributed by atoms with Crippen molar-refractivity contribution >= 4 is 6.29 Å². The summed E-state index contributed by atoms with van der Waals surface area (Å²) in [4.78, 5) is 11.1. The topological polar surface area (TPSA) is 26.3 Å². The molecule has 2 nitrogen and oxygen atoms in total. The molecule has 1 fully saturated rings. The van der Waals surface area contributed by atoms with Gasteiger partial charge in [0.25, 0.3) is 0 Å². The van der Waals surface area contributed by atoms with Crippen molar-refractivity contribution in [1.82, 2.24) is 0 Å². The molecule has 0 aromatic heterocycles. The molecule has 0 amide bonds. The molecule has 1 saturated carbocycles. The number of benzene rings is 2. The third-order valence-corrected chi connectivity index (χ3v) is 5.43. The maximum Gasteiger partial charge on any atom is 0.416 e. The first-order chi connectivity index (χ1) is 13.3. The Morgan fingerprint density at radius 1 is 1.11 bits per heavy atom. The van der Waals surface area contributed by atoms with E-state index in [0.29, 0.717) is 22.4 Å². The van der Waals surface area contributed by atoms with Gasteiger partial charge in [-0.25, -0.2) is 0 Å². The van der Waals surface area contributed by atoms with E-state index in [4.69, 9.17) is 4.74 Å². The van der Waals surface area contributed by atoms with E-state index in [2.05, 4.69) is 0 Å². The molecular formula is C23H25F3O2. The number of carbonyl (C=O) groups excluding carboxylic acids is 1. The fraction of sp³-hybridized carbons (Fsp3) is 0.435. The molecular weight excluding hydrogens is 365 g/mol. The number of aldehydes is 1. The van der Waals surface area contributed by atoms with E-state index >= 15 is 0 Å². The van der Waals surface area contributed by atoms with Gasteiger partial charge in [0.15, 0.2) is 0 Å². The Morgan fingerprint density at radius 2 is 1.82 bits per heavy atom. The summed E-state index contributed by atoms with van der Waals surface area (Å²) in [6, 6.07) is 9.70. The number of carbonyl (C=O) groups is 1. The molecule has 0 bridgehead atoms. The van der Waals surface area contributed by atoms with E-state index in [0.717, 1.165) is 37.5 Å². The van der Waals surface area contributed by atoms with E-state index in [9.17, 15) is 18.0 Å². The van der Waals surface area contributed by atoms with Crippen molar-refractivity contribution in [3.05, 3.63) is 64.2 Å². The second-order valence-corrected chi connectivity index (χ2v) is 7.75. The van der Waals surface area contributed by atoms with Crippen molar-refractivity contribution < 1.29 is 22.7 Å². The van der Waals surface area contributed by atoms with Gasteiger partial charge in [-0.05, 0) is 65.6 Å². The predicted octanol–water partition coefficient (Wildman–Crippen LogP) is 6.88. The summed E-state index contributed by atoms with van der Waals surface area (Å²) in [6.07, 6.45) is 0.0460. The highest BCUT2D eigenvalue weighted by Gasteiger charge is 2.36. The first kappa shape index (κ1) is 20.4. The summed E-state index contributed by atoms with van der Waals surface area (Å²) in [7, 11) is 0. The van der Waals surface area contributed by atoms with Crippen LogP contribution in [0.15, 0.2) is 36.4 Å². The van der Waals surface area contributed by atoms with E-state index < -0.39 is 11.7 Å². The van der Waals surface area contributed by atoms with E-state index in [-0.39, 0.29) is 18.4 Å². The van der Waals surface area contributed by atoms with Crippen LogP contribution < -0.4 is 4.74 Å². The lowest BCUT2D eigenvalue weighted by Gasteiger charge is -2.19. The number of ether oxygens (including phenoxy) is 1. The molecule has 5 heteroatoms. The molecule has 0 atom stereocenters. The van der Waals surface area contributed by atoms with E-state index in [1.807, 2.05) is 13.8 Å². The maximum atomic E-state index is 13.6. The molecule has 150 valence electrons. The number of hydrogen-bond acceptors (Lipinski definition) is 2. The van der Waals surface area contributed by atoms with Crippen LogP contribution in [0.4, 0.5) is 13.2 Å². The van der Waals surface area contributed by atoms with Gasteiger partial charge in [-0.2, -0.15) is 13.2 Å². The smallest absolute Gasteiger partial charge is 0.416 e. The van der Waals surface area contributed by atoms with Crippen LogP contribution in [0.2, 0.25) is 0 Å². The molecule has 1 aliphatic carbocycles. The SMILES string of the molecule is CC(C)c1cc(OCc2ccc(C3CCCC3)c(C(F)(F)F)c2)ccc1C=O. The summed E-state index contributed by atoms with van der Waals surface area (Å²) in [6.45, 7) is 4.00. The molecule has 2 aromatic carbocycles. The number of halogens is 3. The Bertz CT molecular complexity index is 834. The zero-order valence-corrected chi connectivity index (χ0v) is 16.2. The summed E-state index contributed by atoms with van der Waals surface area (Å²) in [5.41, 5.74) is 1.81. The first-order valence-corrected chi connectivity index (χ1v) is 9.71. The Kier molecular flexibility index (Phi) is 6.11. The highest BCUT2D eigenvalue weighted by Crippen LogP contribution is 2.42. The highest BCUT2D eigenvalue weighted by atomic mass is 19.4. The number of hydrogen-bond donors (Lipinski definition) is 0. The minimum Gasteiger partial charge on any atom is -0.489 e. The van der Waals surface area contributed by atoms with Gasteiger partial charge in [-0.1, -0.05) is 38.8 Å². The quantitative estimate of drug-likeness (QED) is 0.503. The number of rotatable bonds is 6. The molecule has 2 aromatic rings. The molecule has 0 aliphatic heterocycles. The number of alkyl halides is 3.